The second-order valence-corrected chi connectivity index (χ2v) is 3.57. The van der Waals surface area contributed by atoms with E-state index in [1.807, 2.05) is 0 Å². The molecule has 2 rings (SSSR count). The average molecular weight is 207 g/mol. The Bertz CT molecular complexity index is 361. The van der Waals surface area contributed by atoms with Gasteiger partial charge in [0.05, 0.1) is 12.3 Å². The summed E-state index contributed by atoms with van der Waals surface area (Å²) in [6.07, 6.45) is 5.02. The van der Waals surface area contributed by atoms with Gasteiger partial charge in [-0.3, -0.25) is 9.78 Å². The molecule has 1 aliphatic rings. The van der Waals surface area contributed by atoms with Crippen LogP contribution in [0.2, 0.25) is 0 Å². The molecule has 0 bridgehead atoms. The lowest BCUT2D eigenvalue weighted by Gasteiger charge is -2.22. The van der Waals surface area contributed by atoms with Crippen LogP contribution in [-0.4, -0.2) is 29.1 Å². The highest BCUT2D eigenvalue weighted by Crippen LogP contribution is 2.25. The van der Waals surface area contributed by atoms with Gasteiger partial charge in [0.25, 0.3) is 5.91 Å². The second-order valence-electron chi connectivity index (χ2n) is 3.57. The summed E-state index contributed by atoms with van der Waals surface area (Å²) in [5, 5.41) is 0. The molecule has 2 heterocycles. The molecule has 80 valence electrons. The van der Waals surface area contributed by atoms with Crippen molar-refractivity contribution < 1.29 is 9.53 Å². The summed E-state index contributed by atoms with van der Waals surface area (Å²) >= 11 is 0. The van der Waals surface area contributed by atoms with E-state index < -0.39 is 5.91 Å². The number of rotatable bonds is 2. The fourth-order valence-electron chi connectivity index (χ4n) is 1.79. The molecule has 0 unspecified atom stereocenters. The first-order chi connectivity index (χ1) is 7.29. The summed E-state index contributed by atoms with van der Waals surface area (Å²) in [6.45, 7) is 1.38. The van der Waals surface area contributed by atoms with Gasteiger partial charge in [-0.2, -0.15) is 0 Å². The molecule has 1 amide bonds. The molecule has 5 nitrogen and oxygen atoms in total. The van der Waals surface area contributed by atoms with E-state index in [0.29, 0.717) is 12.3 Å². The molecular weight excluding hydrogens is 194 g/mol. The van der Waals surface area contributed by atoms with Gasteiger partial charge in [-0.25, -0.2) is 4.98 Å². The molecule has 1 aliphatic heterocycles. The molecule has 1 aromatic heterocycles. The molecule has 1 aromatic rings. The summed E-state index contributed by atoms with van der Waals surface area (Å²) in [4.78, 5) is 19.3. The third-order valence-corrected chi connectivity index (χ3v) is 2.51. The van der Waals surface area contributed by atoms with E-state index in [0.717, 1.165) is 19.4 Å². The number of carbonyl (C=O) groups excluding carboxylic acids is 1. The van der Waals surface area contributed by atoms with E-state index in [9.17, 15) is 4.79 Å². The first-order valence-electron chi connectivity index (χ1n) is 4.97. The molecule has 1 saturated heterocycles. The third kappa shape index (κ3) is 2.12. The maximum Gasteiger partial charge on any atom is 0.269 e. The van der Waals surface area contributed by atoms with E-state index in [4.69, 9.17) is 10.5 Å². The number of ether oxygens (including phenoxy) is 1. The van der Waals surface area contributed by atoms with Crippen LogP contribution in [0.4, 0.5) is 0 Å². The fourth-order valence-corrected chi connectivity index (χ4v) is 1.79. The lowest BCUT2D eigenvalue weighted by molar-refractivity contribution is 0.0784. The number of hydrogen-bond donors (Lipinski definition) is 1. The van der Waals surface area contributed by atoms with Gasteiger partial charge in [0.2, 0.25) is 0 Å². The van der Waals surface area contributed by atoms with Crippen molar-refractivity contribution in [1.29, 1.82) is 0 Å². The topological polar surface area (TPSA) is 78.1 Å². The molecular formula is C10H13N3O2. The SMILES string of the molecule is NC(=O)c1nccnc1[C@@H]1CCCOC1. The van der Waals surface area contributed by atoms with Gasteiger partial charge in [0, 0.05) is 24.9 Å². The number of primary amides is 1. The zero-order chi connectivity index (χ0) is 10.7. The Morgan fingerprint density at radius 3 is 2.93 bits per heavy atom. The minimum Gasteiger partial charge on any atom is -0.381 e. The van der Waals surface area contributed by atoms with E-state index in [-0.39, 0.29) is 11.6 Å². The van der Waals surface area contributed by atoms with Crippen molar-refractivity contribution in [2.24, 2.45) is 5.73 Å². The lowest BCUT2D eigenvalue weighted by atomic mass is 9.96. The number of nitrogens with zero attached hydrogens (tertiary/aromatic N) is 2. The predicted molar refractivity (Wildman–Crippen MR) is 53.3 cm³/mol. The van der Waals surface area contributed by atoms with E-state index in [1.165, 1.54) is 6.20 Å². The Morgan fingerprint density at radius 2 is 2.27 bits per heavy atom. The molecule has 0 aromatic carbocycles. The molecule has 0 spiro atoms. The normalized spacial score (nSPS) is 21.2. The van der Waals surface area contributed by atoms with Crippen molar-refractivity contribution in [3.8, 4) is 0 Å². The summed E-state index contributed by atoms with van der Waals surface area (Å²) in [6, 6.07) is 0. The largest absolute Gasteiger partial charge is 0.381 e. The number of hydrogen-bond acceptors (Lipinski definition) is 4. The summed E-state index contributed by atoms with van der Waals surface area (Å²) in [7, 11) is 0. The molecule has 2 N–H and O–H groups in total. The second kappa shape index (κ2) is 4.35. The summed E-state index contributed by atoms with van der Waals surface area (Å²) in [5.74, 6) is -0.376. The number of amides is 1. The zero-order valence-electron chi connectivity index (χ0n) is 8.35. The highest BCUT2D eigenvalue weighted by molar-refractivity contribution is 5.91. The smallest absolute Gasteiger partial charge is 0.269 e. The Morgan fingerprint density at radius 1 is 1.47 bits per heavy atom. The molecule has 0 aliphatic carbocycles. The molecule has 15 heavy (non-hydrogen) atoms. The molecule has 5 heteroatoms. The van der Waals surface area contributed by atoms with Gasteiger partial charge in [0.1, 0.15) is 5.69 Å². The fraction of sp³-hybridized carbons (Fsp3) is 0.500. The zero-order valence-corrected chi connectivity index (χ0v) is 8.35. The van der Waals surface area contributed by atoms with Gasteiger partial charge in [-0.1, -0.05) is 0 Å². The van der Waals surface area contributed by atoms with Crippen LogP contribution in [0.3, 0.4) is 0 Å². The van der Waals surface area contributed by atoms with Gasteiger partial charge in [0.15, 0.2) is 0 Å². The minimum absolute atomic E-state index is 0.148. The van der Waals surface area contributed by atoms with E-state index in [1.54, 1.807) is 6.20 Å². The predicted octanol–water partition coefficient (Wildman–Crippen LogP) is 0.469. The minimum atomic E-state index is -0.524. The number of carbonyl (C=O) groups is 1. The summed E-state index contributed by atoms with van der Waals surface area (Å²) < 4.78 is 5.35. The number of aromatic nitrogens is 2. The van der Waals surface area contributed by atoms with Crippen LogP contribution >= 0.6 is 0 Å². The quantitative estimate of drug-likeness (QED) is 0.764. The first-order valence-corrected chi connectivity index (χ1v) is 4.97. The lowest BCUT2D eigenvalue weighted by Crippen LogP contribution is -2.23. The van der Waals surface area contributed by atoms with Crippen molar-refractivity contribution >= 4 is 5.91 Å². The Hall–Kier alpha value is -1.49. The van der Waals surface area contributed by atoms with Crippen LogP contribution in [0.25, 0.3) is 0 Å². The average Bonchev–Trinajstić information content (AvgIpc) is 2.30. The molecule has 0 radical (unpaired) electrons. The Kier molecular flexibility index (Phi) is 2.91. The highest BCUT2D eigenvalue weighted by Gasteiger charge is 2.22. The Balaban J connectivity index is 2.29. The number of nitrogens with two attached hydrogens (primary N) is 1. The third-order valence-electron chi connectivity index (χ3n) is 2.51. The monoisotopic (exact) mass is 207 g/mol. The van der Waals surface area contributed by atoms with Gasteiger partial charge in [-0.15, -0.1) is 0 Å². The van der Waals surface area contributed by atoms with Gasteiger partial charge in [-0.05, 0) is 12.8 Å². The maximum atomic E-state index is 11.1. The molecule has 1 atom stereocenters. The summed E-state index contributed by atoms with van der Waals surface area (Å²) in [5.41, 5.74) is 6.18. The van der Waals surface area contributed by atoms with Crippen LogP contribution in [-0.2, 0) is 4.74 Å². The van der Waals surface area contributed by atoms with Crippen LogP contribution in [0.15, 0.2) is 12.4 Å². The Labute approximate surface area is 87.7 Å². The van der Waals surface area contributed by atoms with Crippen molar-refractivity contribution in [3.63, 3.8) is 0 Å². The van der Waals surface area contributed by atoms with Gasteiger partial charge >= 0.3 is 0 Å². The van der Waals surface area contributed by atoms with Crippen LogP contribution in [0.1, 0.15) is 34.9 Å². The van der Waals surface area contributed by atoms with Crippen LogP contribution in [0.5, 0.6) is 0 Å². The highest BCUT2D eigenvalue weighted by atomic mass is 16.5. The van der Waals surface area contributed by atoms with Crippen molar-refractivity contribution in [2.75, 3.05) is 13.2 Å². The van der Waals surface area contributed by atoms with Gasteiger partial charge < -0.3 is 10.5 Å². The van der Waals surface area contributed by atoms with E-state index >= 15 is 0 Å². The van der Waals surface area contributed by atoms with Crippen LogP contribution in [0, 0.1) is 0 Å². The molecule has 1 fully saturated rings. The maximum absolute atomic E-state index is 11.1. The van der Waals surface area contributed by atoms with E-state index in [2.05, 4.69) is 9.97 Å². The van der Waals surface area contributed by atoms with Crippen LogP contribution < -0.4 is 5.73 Å². The van der Waals surface area contributed by atoms with Crippen molar-refractivity contribution in [1.82, 2.24) is 9.97 Å². The van der Waals surface area contributed by atoms with Crippen molar-refractivity contribution in [3.05, 3.63) is 23.8 Å². The van der Waals surface area contributed by atoms with Crippen molar-refractivity contribution in [2.45, 2.75) is 18.8 Å². The molecule has 0 saturated carbocycles. The standard InChI is InChI=1S/C10H13N3O2/c11-10(14)9-8(12-3-4-13-9)7-2-1-5-15-6-7/h3-4,7H,1-2,5-6H2,(H2,11,14)/t7-/m1/s1. The first kappa shape index (κ1) is 10.0.